The van der Waals surface area contributed by atoms with Crippen molar-refractivity contribution in [3.63, 3.8) is 0 Å². The van der Waals surface area contributed by atoms with E-state index in [4.69, 9.17) is 0 Å². The molecule has 7 heteroatoms. The van der Waals surface area contributed by atoms with Gasteiger partial charge in [0.15, 0.2) is 0 Å². The molecule has 0 unspecified atom stereocenters. The second-order valence-electron chi connectivity index (χ2n) is 4.83. The topological polar surface area (TPSA) is 96.5 Å². The van der Waals surface area contributed by atoms with Crippen molar-refractivity contribution in [2.45, 2.75) is 25.8 Å². The highest BCUT2D eigenvalue weighted by Gasteiger charge is 2.21. The number of carbonyl (C=O) groups excluding carboxylic acids is 3. The maximum atomic E-state index is 12.3. The molecule has 0 bridgehead atoms. The molecule has 0 aromatic heterocycles. The van der Waals surface area contributed by atoms with Gasteiger partial charge in [0.2, 0.25) is 5.91 Å². The molecule has 0 aliphatic rings. The van der Waals surface area contributed by atoms with Gasteiger partial charge in [0.05, 0.1) is 7.11 Å². The molecule has 1 aromatic rings. The lowest BCUT2D eigenvalue weighted by atomic mass is 10.1. The van der Waals surface area contributed by atoms with Crippen LogP contribution in [0, 0.1) is 0 Å². The van der Waals surface area contributed by atoms with Crippen LogP contribution in [0.1, 0.15) is 31.4 Å². The molecule has 126 valence electrons. The second kappa shape index (κ2) is 10.3. The Hall–Kier alpha value is -2.41. The lowest BCUT2D eigenvalue weighted by molar-refractivity contribution is -0.140. The van der Waals surface area contributed by atoms with Gasteiger partial charge in [-0.15, -0.1) is 0 Å². The molecule has 3 N–H and O–H groups in total. The minimum atomic E-state index is -0.670. The van der Waals surface area contributed by atoms with Gasteiger partial charge in [-0.3, -0.25) is 14.9 Å². The molecular weight excluding hydrogens is 298 g/mol. The Morgan fingerprint density at radius 3 is 2.48 bits per heavy atom. The Bertz CT molecular complexity index is 519. The third-order valence-electron chi connectivity index (χ3n) is 3.10. The lowest BCUT2D eigenvalue weighted by Crippen LogP contribution is -2.45. The number of hydrogen-bond acceptors (Lipinski definition) is 5. The van der Waals surface area contributed by atoms with Crippen LogP contribution in [0.2, 0.25) is 0 Å². The molecule has 0 heterocycles. The van der Waals surface area contributed by atoms with Crippen molar-refractivity contribution in [2.24, 2.45) is 0 Å². The summed E-state index contributed by atoms with van der Waals surface area (Å²) < 4.78 is 4.57. The largest absolute Gasteiger partial charge is 0.469 e. The fourth-order valence-corrected chi connectivity index (χ4v) is 1.98. The molecule has 0 saturated heterocycles. The highest BCUT2D eigenvalue weighted by Crippen LogP contribution is 2.12. The van der Waals surface area contributed by atoms with E-state index in [-0.39, 0.29) is 12.4 Å². The fourth-order valence-electron chi connectivity index (χ4n) is 1.98. The maximum Gasteiger partial charge on any atom is 0.321 e. The summed E-state index contributed by atoms with van der Waals surface area (Å²) in [6.45, 7) is 2.64. The number of ether oxygens (including phenoxy) is 1. The van der Waals surface area contributed by atoms with Gasteiger partial charge < -0.3 is 15.4 Å². The zero-order valence-electron chi connectivity index (χ0n) is 13.4. The summed E-state index contributed by atoms with van der Waals surface area (Å²) >= 11 is 0. The van der Waals surface area contributed by atoms with Crippen molar-refractivity contribution in [1.82, 2.24) is 16.0 Å². The van der Waals surface area contributed by atoms with E-state index in [0.29, 0.717) is 19.5 Å². The summed E-state index contributed by atoms with van der Waals surface area (Å²) in [4.78, 5) is 34.9. The lowest BCUT2D eigenvalue weighted by Gasteiger charge is -2.18. The number of nitrogens with one attached hydrogen (secondary N) is 3. The highest BCUT2D eigenvalue weighted by molar-refractivity contribution is 5.97. The molecule has 0 aliphatic carbocycles. The predicted octanol–water partition coefficient (Wildman–Crippen LogP) is 1.12. The molecule has 0 aliphatic heterocycles. The van der Waals surface area contributed by atoms with Gasteiger partial charge in [-0.2, -0.15) is 0 Å². The smallest absolute Gasteiger partial charge is 0.321 e. The number of amides is 3. The average Bonchev–Trinajstić information content (AvgIpc) is 2.55. The van der Waals surface area contributed by atoms with Crippen LogP contribution in [0.4, 0.5) is 4.79 Å². The first kappa shape index (κ1) is 18.6. The summed E-state index contributed by atoms with van der Waals surface area (Å²) in [5.41, 5.74) is 0.743. The average molecular weight is 321 g/mol. The number of imide groups is 1. The van der Waals surface area contributed by atoms with E-state index in [1.807, 2.05) is 18.2 Å². The van der Waals surface area contributed by atoms with Crippen molar-refractivity contribution in [3.8, 4) is 0 Å². The highest BCUT2D eigenvalue weighted by atomic mass is 16.5. The van der Waals surface area contributed by atoms with E-state index < -0.39 is 18.0 Å². The fraction of sp³-hybridized carbons (Fsp3) is 0.438. The number of hydrogen-bond donors (Lipinski definition) is 3. The molecule has 3 amide bonds. The van der Waals surface area contributed by atoms with E-state index >= 15 is 0 Å². The van der Waals surface area contributed by atoms with Crippen LogP contribution in [0.3, 0.4) is 0 Å². The maximum absolute atomic E-state index is 12.3. The normalized spacial score (nSPS) is 11.4. The zero-order chi connectivity index (χ0) is 17.1. The van der Waals surface area contributed by atoms with Crippen LogP contribution in [0.15, 0.2) is 30.3 Å². The van der Waals surface area contributed by atoms with Crippen molar-refractivity contribution in [3.05, 3.63) is 35.9 Å². The van der Waals surface area contributed by atoms with Crippen molar-refractivity contribution < 1.29 is 19.1 Å². The van der Waals surface area contributed by atoms with Gasteiger partial charge in [0, 0.05) is 13.0 Å². The Kier molecular flexibility index (Phi) is 8.38. The van der Waals surface area contributed by atoms with Crippen LogP contribution in [0.5, 0.6) is 0 Å². The van der Waals surface area contributed by atoms with E-state index in [1.54, 1.807) is 19.1 Å². The number of benzene rings is 1. The van der Waals surface area contributed by atoms with Crippen molar-refractivity contribution in [2.75, 3.05) is 20.2 Å². The minimum absolute atomic E-state index is 0.267. The summed E-state index contributed by atoms with van der Waals surface area (Å²) in [5, 5.41) is 7.87. The van der Waals surface area contributed by atoms with Crippen LogP contribution < -0.4 is 16.0 Å². The molecule has 7 nitrogen and oxygen atoms in total. The summed E-state index contributed by atoms with van der Waals surface area (Å²) in [7, 11) is 1.34. The summed E-state index contributed by atoms with van der Waals surface area (Å²) in [6.07, 6.45) is 0.799. The second-order valence-corrected chi connectivity index (χ2v) is 4.83. The third kappa shape index (κ3) is 6.92. The number of methoxy groups -OCH3 is 1. The third-order valence-corrected chi connectivity index (χ3v) is 3.10. The molecule has 1 rings (SSSR count). The van der Waals surface area contributed by atoms with Gasteiger partial charge in [0.25, 0.3) is 0 Å². The Balaban J connectivity index is 2.65. The summed E-state index contributed by atoms with van der Waals surface area (Å²) in [5.74, 6) is -0.741. The van der Waals surface area contributed by atoms with E-state index in [9.17, 15) is 14.4 Å². The van der Waals surface area contributed by atoms with Gasteiger partial charge in [0.1, 0.15) is 6.04 Å². The zero-order valence-corrected chi connectivity index (χ0v) is 13.4. The number of urea groups is 1. The quantitative estimate of drug-likeness (QED) is 0.492. The molecule has 0 fully saturated rings. The van der Waals surface area contributed by atoms with Gasteiger partial charge >= 0.3 is 12.0 Å². The molecule has 0 spiro atoms. The molecular formula is C16H23N3O4. The first-order valence-electron chi connectivity index (χ1n) is 7.52. The van der Waals surface area contributed by atoms with Gasteiger partial charge in [-0.25, -0.2) is 4.79 Å². The molecule has 0 radical (unpaired) electrons. The van der Waals surface area contributed by atoms with Crippen LogP contribution in [-0.2, 0) is 14.3 Å². The van der Waals surface area contributed by atoms with Crippen LogP contribution in [0.25, 0.3) is 0 Å². The Labute approximate surface area is 135 Å². The van der Waals surface area contributed by atoms with E-state index in [0.717, 1.165) is 5.56 Å². The number of esters is 1. The van der Waals surface area contributed by atoms with Gasteiger partial charge in [-0.1, -0.05) is 30.3 Å². The predicted molar refractivity (Wildman–Crippen MR) is 85.7 cm³/mol. The SMILES string of the molecule is CCNC(=O)NC(=O)[C@H](NCCCC(=O)OC)c1ccccc1. The molecule has 0 saturated carbocycles. The standard InChI is InChI=1S/C16H23N3O4/c1-3-17-16(22)19-15(21)14(12-8-5-4-6-9-12)18-11-7-10-13(20)23-2/h4-6,8-9,14,18H,3,7,10-11H2,1-2H3,(H2,17,19,21,22)/t14-/m1/s1. The van der Waals surface area contributed by atoms with Crippen molar-refractivity contribution >= 4 is 17.9 Å². The Morgan fingerprint density at radius 2 is 1.87 bits per heavy atom. The molecule has 1 aromatic carbocycles. The first-order valence-corrected chi connectivity index (χ1v) is 7.52. The van der Waals surface area contributed by atoms with Crippen LogP contribution >= 0.6 is 0 Å². The minimum Gasteiger partial charge on any atom is -0.469 e. The summed E-state index contributed by atoms with van der Waals surface area (Å²) in [6, 6.07) is 7.88. The van der Waals surface area contributed by atoms with Gasteiger partial charge in [-0.05, 0) is 25.5 Å². The molecule has 23 heavy (non-hydrogen) atoms. The van der Waals surface area contributed by atoms with Crippen LogP contribution in [-0.4, -0.2) is 38.1 Å². The molecule has 1 atom stereocenters. The Morgan fingerprint density at radius 1 is 1.17 bits per heavy atom. The number of carbonyl (C=O) groups is 3. The van der Waals surface area contributed by atoms with E-state index in [1.165, 1.54) is 7.11 Å². The van der Waals surface area contributed by atoms with Crippen molar-refractivity contribution in [1.29, 1.82) is 0 Å². The number of rotatable bonds is 8. The first-order chi connectivity index (χ1) is 11.1. The van der Waals surface area contributed by atoms with E-state index in [2.05, 4.69) is 20.7 Å². The monoisotopic (exact) mass is 321 g/mol.